The van der Waals surface area contributed by atoms with E-state index in [9.17, 15) is 9.59 Å². The van der Waals surface area contributed by atoms with Crippen LogP contribution in [0.3, 0.4) is 0 Å². The molecule has 0 spiro atoms. The molecule has 4 heteroatoms. The average molecular weight is 254 g/mol. The van der Waals surface area contributed by atoms with Crippen molar-refractivity contribution in [3.8, 4) is 0 Å². The lowest BCUT2D eigenvalue weighted by molar-refractivity contribution is -0.129. The molecule has 0 aromatic rings. The second kappa shape index (κ2) is 6.76. The third kappa shape index (κ3) is 4.31. The number of carbonyl (C=O) groups excluding carboxylic acids is 2. The molecule has 0 bridgehead atoms. The number of nitrogens with one attached hydrogen (secondary N) is 2. The van der Waals surface area contributed by atoms with E-state index >= 15 is 0 Å². The van der Waals surface area contributed by atoms with Crippen LogP contribution in [0.4, 0.5) is 0 Å². The quantitative estimate of drug-likeness (QED) is 0.782. The molecule has 1 fully saturated rings. The Morgan fingerprint density at radius 3 is 2.39 bits per heavy atom. The molecule has 1 rings (SSSR count). The summed E-state index contributed by atoms with van der Waals surface area (Å²) in [6.07, 6.45) is 1.14. The Balaban J connectivity index is 2.38. The Morgan fingerprint density at radius 1 is 1.33 bits per heavy atom. The number of amides is 2. The largest absolute Gasteiger partial charge is 0.356 e. The molecule has 1 unspecified atom stereocenters. The van der Waals surface area contributed by atoms with E-state index in [-0.39, 0.29) is 17.7 Å². The van der Waals surface area contributed by atoms with Gasteiger partial charge in [-0.2, -0.15) is 0 Å². The molecule has 2 N–H and O–H groups in total. The zero-order valence-electron chi connectivity index (χ0n) is 12.0. The number of rotatable bonds is 5. The first-order chi connectivity index (χ1) is 8.41. The summed E-state index contributed by atoms with van der Waals surface area (Å²) in [4.78, 5) is 23.0. The maximum absolute atomic E-state index is 12.0. The van der Waals surface area contributed by atoms with Gasteiger partial charge in [-0.25, -0.2) is 0 Å². The predicted molar refractivity (Wildman–Crippen MR) is 71.9 cm³/mol. The first-order valence-electron chi connectivity index (χ1n) is 6.96. The van der Waals surface area contributed by atoms with Crippen LogP contribution in [0, 0.1) is 23.7 Å². The molecule has 0 saturated carbocycles. The lowest BCUT2D eigenvalue weighted by atomic mass is 9.85. The van der Waals surface area contributed by atoms with E-state index in [4.69, 9.17) is 0 Å². The monoisotopic (exact) mass is 254 g/mol. The van der Waals surface area contributed by atoms with Crippen LogP contribution in [0.25, 0.3) is 0 Å². The van der Waals surface area contributed by atoms with Gasteiger partial charge in [0.1, 0.15) is 0 Å². The summed E-state index contributed by atoms with van der Waals surface area (Å²) in [5, 5.41) is 5.79. The molecule has 4 nitrogen and oxygen atoms in total. The molecule has 1 aliphatic heterocycles. The van der Waals surface area contributed by atoms with E-state index < -0.39 is 0 Å². The van der Waals surface area contributed by atoms with Gasteiger partial charge in [0.25, 0.3) is 0 Å². The van der Waals surface area contributed by atoms with Crippen molar-refractivity contribution in [3.05, 3.63) is 0 Å². The number of carbonyl (C=O) groups is 2. The van der Waals surface area contributed by atoms with Gasteiger partial charge in [0.05, 0.1) is 5.92 Å². The number of hydrogen-bond donors (Lipinski definition) is 2. The molecular formula is C14H26N2O2. The van der Waals surface area contributed by atoms with Gasteiger partial charge in [-0.15, -0.1) is 0 Å². The molecular weight excluding hydrogens is 228 g/mol. The standard InChI is InChI=1S/C14H26N2O2/c1-9(2)12(10(3)4)8-16-14(18)11-5-6-13(17)15-7-11/h9-12H,5-8H2,1-4H3,(H,15,17)(H,16,18). The molecule has 1 atom stereocenters. The Hall–Kier alpha value is -1.06. The van der Waals surface area contributed by atoms with Crippen LogP contribution in [0.1, 0.15) is 40.5 Å². The van der Waals surface area contributed by atoms with Crippen LogP contribution in [0.2, 0.25) is 0 Å². The molecule has 0 radical (unpaired) electrons. The van der Waals surface area contributed by atoms with E-state index in [0.717, 1.165) is 6.54 Å². The van der Waals surface area contributed by atoms with E-state index in [1.165, 1.54) is 0 Å². The summed E-state index contributed by atoms with van der Waals surface area (Å²) < 4.78 is 0. The second-order valence-corrected chi connectivity index (χ2v) is 5.94. The number of hydrogen-bond acceptors (Lipinski definition) is 2. The highest BCUT2D eigenvalue weighted by Crippen LogP contribution is 2.20. The molecule has 1 heterocycles. The molecule has 0 aliphatic carbocycles. The highest BCUT2D eigenvalue weighted by Gasteiger charge is 2.25. The molecule has 1 saturated heterocycles. The summed E-state index contributed by atoms with van der Waals surface area (Å²) >= 11 is 0. The summed E-state index contributed by atoms with van der Waals surface area (Å²) in [6, 6.07) is 0. The zero-order chi connectivity index (χ0) is 13.7. The molecule has 2 amide bonds. The SMILES string of the molecule is CC(C)C(CNC(=O)C1CCC(=O)NC1)C(C)C. The topological polar surface area (TPSA) is 58.2 Å². The fourth-order valence-corrected chi connectivity index (χ4v) is 2.56. The minimum Gasteiger partial charge on any atom is -0.356 e. The van der Waals surface area contributed by atoms with Crippen LogP contribution in [0.5, 0.6) is 0 Å². The minimum atomic E-state index is -0.0531. The van der Waals surface area contributed by atoms with Gasteiger partial charge in [-0.3, -0.25) is 9.59 Å². The van der Waals surface area contributed by atoms with Crippen molar-refractivity contribution in [2.24, 2.45) is 23.7 Å². The number of piperidine rings is 1. The van der Waals surface area contributed by atoms with Gasteiger partial charge >= 0.3 is 0 Å². The van der Waals surface area contributed by atoms with E-state index in [2.05, 4.69) is 38.3 Å². The first kappa shape index (κ1) is 15.0. The van der Waals surface area contributed by atoms with Crippen molar-refractivity contribution in [3.63, 3.8) is 0 Å². The molecule has 0 aromatic carbocycles. The van der Waals surface area contributed by atoms with Gasteiger partial charge in [0.15, 0.2) is 0 Å². The lowest BCUT2D eigenvalue weighted by Crippen LogP contribution is -2.44. The van der Waals surface area contributed by atoms with Crippen molar-refractivity contribution in [1.29, 1.82) is 0 Å². The first-order valence-corrected chi connectivity index (χ1v) is 6.96. The fraction of sp³-hybridized carbons (Fsp3) is 0.857. The van der Waals surface area contributed by atoms with Gasteiger partial charge in [0, 0.05) is 19.5 Å². The highest BCUT2D eigenvalue weighted by molar-refractivity contribution is 5.83. The summed E-state index contributed by atoms with van der Waals surface area (Å²) in [7, 11) is 0. The van der Waals surface area contributed by atoms with Crippen molar-refractivity contribution < 1.29 is 9.59 Å². The van der Waals surface area contributed by atoms with Gasteiger partial charge in [0.2, 0.25) is 11.8 Å². The third-order valence-corrected chi connectivity index (χ3v) is 3.86. The Kier molecular flexibility index (Phi) is 5.63. The van der Waals surface area contributed by atoms with Gasteiger partial charge in [-0.05, 0) is 24.2 Å². The smallest absolute Gasteiger partial charge is 0.224 e. The summed E-state index contributed by atoms with van der Waals surface area (Å²) in [5.74, 6) is 1.73. The van der Waals surface area contributed by atoms with E-state index in [1.54, 1.807) is 0 Å². The molecule has 18 heavy (non-hydrogen) atoms. The summed E-state index contributed by atoms with van der Waals surface area (Å²) in [5.41, 5.74) is 0. The van der Waals surface area contributed by atoms with Crippen LogP contribution in [-0.2, 0) is 9.59 Å². The maximum atomic E-state index is 12.0. The highest BCUT2D eigenvalue weighted by atomic mass is 16.2. The molecule has 0 aromatic heterocycles. The van der Waals surface area contributed by atoms with Crippen LogP contribution in [0.15, 0.2) is 0 Å². The Labute approximate surface area is 110 Å². The van der Waals surface area contributed by atoms with Crippen molar-refractivity contribution in [2.75, 3.05) is 13.1 Å². The Bertz CT molecular complexity index is 282. The maximum Gasteiger partial charge on any atom is 0.224 e. The van der Waals surface area contributed by atoms with E-state index in [0.29, 0.717) is 37.1 Å². The fourth-order valence-electron chi connectivity index (χ4n) is 2.56. The lowest BCUT2D eigenvalue weighted by Gasteiger charge is -2.27. The minimum absolute atomic E-state index is 0.0531. The van der Waals surface area contributed by atoms with Gasteiger partial charge in [-0.1, -0.05) is 27.7 Å². The normalized spacial score (nSPS) is 20.4. The van der Waals surface area contributed by atoms with Crippen molar-refractivity contribution in [1.82, 2.24) is 10.6 Å². The van der Waals surface area contributed by atoms with Gasteiger partial charge < -0.3 is 10.6 Å². The van der Waals surface area contributed by atoms with Crippen molar-refractivity contribution in [2.45, 2.75) is 40.5 Å². The van der Waals surface area contributed by atoms with E-state index in [1.807, 2.05) is 0 Å². The zero-order valence-corrected chi connectivity index (χ0v) is 12.0. The third-order valence-electron chi connectivity index (χ3n) is 3.86. The molecule has 1 aliphatic rings. The van der Waals surface area contributed by atoms with Crippen LogP contribution in [-0.4, -0.2) is 24.9 Å². The molecule has 104 valence electrons. The van der Waals surface area contributed by atoms with Crippen LogP contribution >= 0.6 is 0 Å². The Morgan fingerprint density at radius 2 is 1.94 bits per heavy atom. The predicted octanol–water partition coefficient (Wildman–Crippen LogP) is 1.56. The summed E-state index contributed by atoms with van der Waals surface area (Å²) in [6.45, 7) is 9.99. The van der Waals surface area contributed by atoms with Crippen LogP contribution < -0.4 is 10.6 Å². The average Bonchev–Trinajstić information content (AvgIpc) is 2.28. The van der Waals surface area contributed by atoms with Crippen molar-refractivity contribution >= 4 is 11.8 Å². The second-order valence-electron chi connectivity index (χ2n) is 5.94.